The molecule has 4 aromatic rings. The average molecular weight is 473 g/mol. The van der Waals surface area contributed by atoms with Crippen LogP contribution in [0.2, 0.25) is 0 Å². The third-order valence-corrected chi connectivity index (χ3v) is 6.55. The molecule has 4 rings (SSSR count). The Bertz CT molecular complexity index is 1370. The Labute approximate surface area is 189 Å². The first-order valence-corrected chi connectivity index (χ1v) is 11.5. The molecule has 3 aromatic heterocycles. The molecule has 0 unspecified atom stereocenters. The van der Waals surface area contributed by atoms with Gasteiger partial charge in [-0.25, -0.2) is 22.8 Å². The number of methoxy groups -OCH3 is 1. The number of nitrogens with one attached hydrogen (secondary N) is 1. The zero-order valence-corrected chi connectivity index (χ0v) is 18.9. The molecule has 0 spiro atoms. The highest BCUT2D eigenvalue weighted by atomic mass is 32.2. The molecule has 0 aliphatic rings. The molecule has 172 valence electrons. The summed E-state index contributed by atoms with van der Waals surface area (Å²) in [5.74, 6) is 1.40. The first-order valence-electron chi connectivity index (χ1n) is 9.92. The van der Waals surface area contributed by atoms with Crippen molar-refractivity contribution in [2.75, 3.05) is 11.8 Å². The predicted octanol–water partition coefficient (Wildman–Crippen LogP) is 3.15. The van der Waals surface area contributed by atoms with Crippen molar-refractivity contribution < 1.29 is 22.0 Å². The van der Waals surface area contributed by atoms with Crippen LogP contribution in [0.1, 0.15) is 18.5 Å². The van der Waals surface area contributed by atoms with Crippen molar-refractivity contribution in [3.05, 3.63) is 66.2 Å². The predicted molar refractivity (Wildman–Crippen MR) is 118 cm³/mol. The van der Waals surface area contributed by atoms with Gasteiger partial charge in [0.05, 0.1) is 30.4 Å². The largest absolute Gasteiger partial charge is 0.495 e. The van der Waals surface area contributed by atoms with E-state index in [0.29, 0.717) is 28.8 Å². The van der Waals surface area contributed by atoms with Crippen LogP contribution in [0.5, 0.6) is 5.75 Å². The molecule has 0 fully saturated rings. The van der Waals surface area contributed by atoms with Gasteiger partial charge in [-0.15, -0.1) is 10.2 Å². The normalized spacial score (nSPS) is 12.5. The zero-order chi connectivity index (χ0) is 23.6. The van der Waals surface area contributed by atoms with E-state index in [0.717, 1.165) is 12.4 Å². The second kappa shape index (κ2) is 8.98. The van der Waals surface area contributed by atoms with Crippen molar-refractivity contribution in [1.82, 2.24) is 24.7 Å². The Morgan fingerprint density at radius 3 is 2.55 bits per heavy atom. The van der Waals surface area contributed by atoms with Gasteiger partial charge in [-0.2, -0.15) is 0 Å². The number of benzene rings is 1. The van der Waals surface area contributed by atoms with Gasteiger partial charge in [0.25, 0.3) is 0 Å². The number of halogens is 1. The fourth-order valence-corrected chi connectivity index (χ4v) is 4.10. The lowest BCUT2D eigenvalue weighted by molar-refractivity contribution is 0.413. The second-order valence-corrected chi connectivity index (χ2v) is 9.34. The van der Waals surface area contributed by atoms with Gasteiger partial charge in [0.1, 0.15) is 17.3 Å². The summed E-state index contributed by atoms with van der Waals surface area (Å²) in [6.07, 6.45) is 1.96. The van der Waals surface area contributed by atoms with E-state index in [1.165, 1.54) is 18.6 Å². The van der Waals surface area contributed by atoms with E-state index in [1.807, 2.05) is 0 Å². The van der Waals surface area contributed by atoms with Gasteiger partial charge >= 0.3 is 0 Å². The van der Waals surface area contributed by atoms with E-state index in [4.69, 9.17) is 9.15 Å². The van der Waals surface area contributed by atoms with Gasteiger partial charge < -0.3 is 9.15 Å². The third-order valence-electron chi connectivity index (χ3n) is 4.86. The molecule has 0 aliphatic carbocycles. The summed E-state index contributed by atoms with van der Waals surface area (Å²) in [6, 6.07) is 10.5. The molecule has 1 aromatic carbocycles. The van der Waals surface area contributed by atoms with E-state index in [-0.39, 0.29) is 18.2 Å². The molecule has 1 atom stereocenters. The topological polar surface area (TPSA) is 125 Å². The van der Waals surface area contributed by atoms with Crippen molar-refractivity contribution in [3.8, 4) is 23.0 Å². The van der Waals surface area contributed by atoms with Crippen molar-refractivity contribution in [2.45, 2.75) is 25.5 Å². The van der Waals surface area contributed by atoms with Crippen LogP contribution in [0.3, 0.4) is 0 Å². The first-order chi connectivity index (χ1) is 15.8. The number of aromatic nitrogens is 5. The maximum absolute atomic E-state index is 13.1. The summed E-state index contributed by atoms with van der Waals surface area (Å²) >= 11 is 0. The third kappa shape index (κ3) is 4.70. The summed E-state index contributed by atoms with van der Waals surface area (Å²) in [5, 5.41) is 7.28. The molecule has 0 saturated carbocycles. The first kappa shape index (κ1) is 22.4. The summed E-state index contributed by atoms with van der Waals surface area (Å²) < 4.78 is 54.4. The summed E-state index contributed by atoms with van der Waals surface area (Å²) in [5.41, 5.74) is 0.515. The fraction of sp³-hybridized carbons (Fsp3) is 0.238. The highest BCUT2D eigenvalue weighted by Gasteiger charge is 2.27. The molecule has 1 N–H and O–H groups in total. The van der Waals surface area contributed by atoms with Crippen LogP contribution >= 0.6 is 0 Å². The van der Waals surface area contributed by atoms with Gasteiger partial charge in [0.15, 0.2) is 11.6 Å². The number of hydrogen-bond acceptors (Lipinski definition) is 8. The molecule has 33 heavy (non-hydrogen) atoms. The minimum atomic E-state index is -3.95. The lowest BCUT2D eigenvalue weighted by Gasteiger charge is -2.16. The number of ether oxygens (including phenoxy) is 1. The summed E-state index contributed by atoms with van der Waals surface area (Å²) in [6.45, 7) is 3.28. The molecular weight excluding hydrogens is 451 g/mol. The summed E-state index contributed by atoms with van der Waals surface area (Å²) in [4.78, 5) is 7.66. The molecule has 0 aliphatic heterocycles. The number of hydrogen-bond donors (Lipinski definition) is 1. The molecule has 3 heterocycles. The number of aryl methyl sites for hydroxylation is 1. The molecular formula is C21H21FN6O4S. The van der Waals surface area contributed by atoms with Crippen molar-refractivity contribution in [1.29, 1.82) is 0 Å². The minimum absolute atomic E-state index is 0.0252. The molecule has 0 bridgehead atoms. The van der Waals surface area contributed by atoms with E-state index >= 15 is 0 Å². The lowest BCUT2D eigenvalue weighted by atomic mass is 10.2. The van der Waals surface area contributed by atoms with Crippen molar-refractivity contribution in [2.24, 2.45) is 0 Å². The Hall–Kier alpha value is -3.80. The van der Waals surface area contributed by atoms with Crippen LogP contribution in [0.4, 0.5) is 10.3 Å². The standard InChI is InChI=1S/C21H21FN6O4S/c1-13-8-9-18(32-13)20-25-26-21(28(20)16-6-4-5-7-17(16)31-3)27-33(29,30)14(2)10-19-23-11-15(22)12-24-19/h4-9,11-12,14H,10H2,1-3H3,(H,26,27)/t14-/m0/s1. The maximum Gasteiger partial charge on any atom is 0.243 e. The Morgan fingerprint density at radius 2 is 1.88 bits per heavy atom. The molecule has 0 amide bonds. The van der Waals surface area contributed by atoms with Gasteiger partial charge in [-0.3, -0.25) is 9.29 Å². The minimum Gasteiger partial charge on any atom is -0.495 e. The van der Waals surface area contributed by atoms with Crippen LogP contribution in [0.25, 0.3) is 17.3 Å². The number of rotatable bonds is 8. The Morgan fingerprint density at radius 1 is 1.15 bits per heavy atom. The van der Waals surface area contributed by atoms with Crippen LogP contribution < -0.4 is 9.46 Å². The van der Waals surface area contributed by atoms with Crippen LogP contribution in [-0.2, 0) is 16.4 Å². The van der Waals surface area contributed by atoms with Gasteiger partial charge in [-0.1, -0.05) is 12.1 Å². The van der Waals surface area contributed by atoms with E-state index in [2.05, 4.69) is 24.9 Å². The highest BCUT2D eigenvalue weighted by Crippen LogP contribution is 2.32. The van der Waals surface area contributed by atoms with Crippen molar-refractivity contribution in [3.63, 3.8) is 0 Å². The Balaban J connectivity index is 1.73. The zero-order valence-electron chi connectivity index (χ0n) is 18.1. The van der Waals surface area contributed by atoms with Crippen LogP contribution in [-0.4, -0.2) is 45.5 Å². The molecule has 0 saturated heterocycles. The fourth-order valence-electron chi connectivity index (χ4n) is 3.15. The van der Waals surface area contributed by atoms with E-state index in [9.17, 15) is 12.8 Å². The van der Waals surface area contributed by atoms with E-state index in [1.54, 1.807) is 43.3 Å². The van der Waals surface area contributed by atoms with Crippen LogP contribution in [0, 0.1) is 12.7 Å². The van der Waals surface area contributed by atoms with Gasteiger partial charge in [0.2, 0.25) is 21.8 Å². The average Bonchev–Trinajstić information content (AvgIpc) is 3.40. The highest BCUT2D eigenvalue weighted by molar-refractivity contribution is 7.93. The number of furan rings is 1. The number of nitrogens with zero attached hydrogens (tertiary/aromatic N) is 5. The second-order valence-electron chi connectivity index (χ2n) is 7.24. The van der Waals surface area contributed by atoms with Gasteiger partial charge in [-0.05, 0) is 38.1 Å². The van der Waals surface area contributed by atoms with Crippen LogP contribution in [0.15, 0.2) is 53.2 Å². The summed E-state index contributed by atoms with van der Waals surface area (Å²) in [7, 11) is -2.45. The van der Waals surface area contributed by atoms with Crippen molar-refractivity contribution >= 4 is 16.0 Å². The van der Waals surface area contributed by atoms with Gasteiger partial charge in [0, 0.05) is 6.42 Å². The number of sulfonamides is 1. The maximum atomic E-state index is 13.1. The molecule has 0 radical (unpaired) electrons. The number of para-hydroxylation sites is 2. The SMILES string of the molecule is COc1ccccc1-n1c(NS(=O)(=O)[C@@H](C)Cc2ncc(F)cn2)nnc1-c1ccc(C)o1. The quantitative estimate of drug-likeness (QED) is 0.415. The monoisotopic (exact) mass is 472 g/mol. The molecule has 10 nitrogen and oxygen atoms in total. The smallest absolute Gasteiger partial charge is 0.243 e. The molecule has 12 heteroatoms. The lowest BCUT2D eigenvalue weighted by Crippen LogP contribution is -2.29. The number of anilines is 1. The Kier molecular flexibility index (Phi) is 6.09. The van der Waals surface area contributed by atoms with E-state index < -0.39 is 21.1 Å².